The van der Waals surface area contributed by atoms with Crippen LogP contribution in [0.3, 0.4) is 0 Å². The molecule has 9 heteroatoms. The monoisotopic (exact) mass is 394 g/mol. The number of rotatable bonds is 6. The number of nitrogens with zero attached hydrogens (tertiary/aromatic N) is 1. The summed E-state index contributed by atoms with van der Waals surface area (Å²) >= 11 is 0. The molecule has 0 unspecified atom stereocenters. The molecule has 1 heterocycles. The molecule has 1 saturated heterocycles. The number of hydrogen-bond acceptors (Lipinski definition) is 6. The number of esters is 1. The fourth-order valence-electron chi connectivity index (χ4n) is 3.27. The SMILES string of the molecule is CC(=O)Nc1cccc(C(=O)OCC(=O)N(C2CC2)[C@@H]2CCS(=O)(=O)C2)c1. The van der Waals surface area contributed by atoms with Crippen molar-refractivity contribution in [2.75, 3.05) is 23.4 Å². The van der Waals surface area contributed by atoms with E-state index in [0.29, 0.717) is 12.1 Å². The van der Waals surface area contributed by atoms with Gasteiger partial charge in [0.15, 0.2) is 16.4 Å². The minimum atomic E-state index is -3.10. The highest BCUT2D eigenvalue weighted by Gasteiger charge is 2.42. The summed E-state index contributed by atoms with van der Waals surface area (Å²) in [5.41, 5.74) is 0.675. The summed E-state index contributed by atoms with van der Waals surface area (Å²) in [5, 5.41) is 2.57. The number of hydrogen-bond donors (Lipinski definition) is 1. The summed E-state index contributed by atoms with van der Waals surface area (Å²) in [6.45, 7) is 0.926. The topological polar surface area (TPSA) is 110 Å². The number of sulfone groups is 1. The Kier molecular flexibility index (Phi) is 5.50. The van der Waals surface area contributed by atoms with Gasteiger partial charge in [0.2, 0.25) is 5.91 Å². The van der Waals surface area contributed by atoms with Gasteiger partial charge in [-0.15, -0.1) is 0 Å². The van der Waals surface area contributed by atoms with Crippen LogP contribution in [-0.4, -0.2) is 61.3 Å². The Morgan fingerprint density at radius 1 is 1.19 bits per heavy atom. The van der Waals surface area contributed by atoms with Crippen LogP contribution in [0.2, 0.25) is 0 Å². The van der Waals surface area contributed by atoms with E-state index >= 15 is 0 Å². The Morgan fingerprint density at radius 3 is 2.52 bits per heavy atom. The van der Waals surface area contributed by atoms with Crippen molar-refractivity contribution in [2.24, 2.45) is 0 Å². The second kappa shape index (κ2) is 7.67. The second-order valence-corrected chi connectivity index (χ2v) is 9.16. The van der Waals surface area contributed by atoms with E-state index in [-0.39, 0.29) is 41.0 Å². The van der Waals surface area contributed by atoms with E-state index in [1.807, 2.05) is 0 Å². The Balaban J connectivity index is 1.60. The van der Waals surface area contributed by atoms with E-state index in [2.05, 4.69) is 5.32 Å². The van der Waals surface area contributed by atoms with Crippen LogP contribution >= 0.6 is 0 Å². The van der Waals surface area contributed by atoms with Crippen LogP contribution < -0.4 is 5.32 Å². The molecule has 0 bridgehead atoms. The Hall–Kier alpha value is -2.42. The number of benzene rings is 1. The van der Waals surface area contributed by atoms with Gasteiger partial charge in [0.05, 0.1) is 17.1 Å². The zero-order valence-electron chi connectivity index (χ0n) is 15.0. The maximum absolute atomic E-state index is 12.6. The quantitative estimate of drug-likeness (QED) is 0.720. The molecule has 8 nitrogen and oxygen atoms in total. The zero-order valence-corrected chi connectivity index (χ0v) is 15.8. The van der Waals surface area contributed by atoms with Gasteiger partial charge >= 0.3 is 5.97 Å². The van der Waals surface area contributed by atoms with Gasteiger partial charge in [-0.3, -0.25) is 9.59 Å². The lowest BCUT2D eigenvalue weighted by atomic mass is 10.2. The molecule has 0 aromatic heterocycles. The molecule has 2 aliphatic rings. The second-order valence-electron chi connectivity index (χ2n) is 6.93. The van der Waals surface area contributed by atoms with E-state index in [4.69, 9.17) is 4.74 Å². The summed E-state index contributed by atoms with van der Waals surface area (Å²) in [6.07, 6.45) is 2.11. The number of ether oxygens (including phenoxy) is 1. The molecular weight excluding hydrogens is 372 g/mol. The van der Waals surface area contributed by atoms with Gasteiger partial charge < -0.3 is 15.0 Å². The van der Waals surface area contributed by atoms with Crippen molar-refractivity contribution in [1.29, 1.82) is 0 Å². The average Bonchev–Trinajstić information content (AvgIpc) is 3.35. The molecule has 2 amide bonds. The first kappa shape index (κ1) is 19.3. The largest absolute Gasteiger partial charge is 0.452 e. The lowest BCUT2D eigenvalue weighted by molar-refractivity contribution is -0.137. The number of amides is 2. The van der Waals surface area contributed by atoms with E-state index in [1.165, 1.54) is 19.1 Å². The van der Waals surface area contributed by atoms with Crippen LogP contribution in [0.4, 0.5) is 5.69 Å². The molecule has 0 radical (unpaired) electrons. The predicted molar refractivity (Wildman–Crippen MR) is 98.0 cm³/mol. The average molecular weight is 394 g/mol. The van der Waals surface area contributed by atoms with Gasteiger partial charge in [-0.1, -0.05) is 6.07 Å². The number of anilines is 1. The van der Waals surface area contributed by atoms with Crippen LogP contribution in [-0.2, 0) is 24.2 Å². The van der Waals surface area contributed by atoms with Gasteiger partial charge in [-0.25, -0.2) is 13.2 Å². The highest BCUT2D eigenvalue weighted by molar-refractivity contribution is 7.91. The third kappa shape index (κ3) is 5.06. The molecule has 1 aliphatic carbocycles. The van der Waals surface area contributed by atoms with Crippen LogP contribution in [0.15, 0.2) is 24.3 Å². The molecule has 1 aromatic carbocycles. The lowest BCUT2D eigenvalue weighted by Crippen LogP contribution is -2.44. The van der Waals surface area contributed by atoms with Gasteiger partial charge in [0, 0.05) is 24.7 Å². The summed E-state index contributed by atoms with van der Waals surface area (Å²) < 4.78 is 28.6. The first-order valence-corrected chi connectivity index (χ1v) is 10.6. The molecule has 2 fully saturated rings. The van der Waals surface area contributed by atoms with E-state index in [0.717, 1.165) is 12.8 Å². The van der Waals surface area contributed by atoms with E-state index in [1.54, 1.807) is 17.0 Å². The molecule has 146 valence electrons. The fraction of sp³-hybridized carbons (Fsp3) is 0.500. The van der Waals surface area contributed by atoms with Crippen LogP contribution in [0.25, 0.3) is 0 Å². The summed E-state index contributed by atoms with van der Waals surface area (Å²) in [5.74, 6) is -1.25. The van der Waals surface area contributed by atoms with Crippen molar-refractivity contribution in [3.05, 3.63) is 29.8 Å². The standard InChI is InChI=1S/C18H22N2O6S/c1-12(21)19-14-4-2-3-13(9-14)18(23)26-10-17(22)20(15-5-6-15)16-7-8-27(24,25)11-16/h2-4,9,15-16H,5-8,10-11H2,1H3,(H,19,21)/t16-/m1/s1. The summed E-state index contributed by atoms with van der Waals surface area (Å²) in [4.78, 5) is 37.5. The van der Waals surface area contributed by atoms with Crippen molar-refractivity contribution >= 4 is 33.3 Å². The van der Waals surface area contributed by atoms with Crippen molar-refractivity contribution in [3.63, 3.8) is 0 Å². The van der Waals surface area contributed by atoms with Gasteiger partial charge in [-0.2, -0.15) is 0 Å². The first-order chi connectivity index (χ1) is 12.7. The van der Waals surface area contributed by atoms with Crippen LogP contribution in [0.1, 0.15) is 36.5 Å². The smallest absolute Gasteiger partial charge is 0.338 e. The lowest BCUT2D eigenvalue weighted by Gasteiger charge is -2.28. The third-order valence-electron chi connectivity index (χ3n) is 4.58. The highest BCUT2D eigenvalue weighted by atomic mass is 32.2. The maximum atomic E-state index is 12.6. The van der Waals surface area contributed by atoms with Gasteiger partial charge in [0.1, 0.15) is 0 Å². The minimum Gasteiger partial charge on any atom is -0.452 e. The Bertz CT molecular complexity index is 862. The van der Waals surface area contributed by atoms with Crippen molar-refractivity contribution < 1.29 is 27.5 Å². The molecule has 3 rings (SSSR count). The van der Waals surface area contributed by atoms with Gasteiger partial charge in [0.25, 0.3) is 5.91 Å². The fourth-order valence-corrected chi connectivity index (χ4v) is 4.98. The third-order valence-corrected chi connectivity index (χ3v) is 6.33. The predicted octanol–water partition coefficient (Wildman–Crippen LogP) is 0.980. The first-order valence-electron chi connectivity index (χ1n) is 8.81. The molecule has 1 saturated carbocycles. The number of carbonyl (C=O) groups is 3. The normalized spacial score (nSPS) is 20.7. The van der Waals surface area contributed by atoms with Gasteiger partial charge in [-0.05, 0) is 37.5 Å². The van der Waals surface area contributed by atoms with Crippen LogP contribution in [0.5, 0.6) is 0 Å². The molecule has 1 atom stereocenters. The van der Waals surface area contributed by atoms with Crippen molar-refractivity contribution in [3.8, 4) is 0 Å². The molecule has 1 N–H and O–H groups in total. The molecular formula is C18H22N2O6S. The van der Waals surface area contributed by atoms with Crippen molar-refractivity contribution in [2.45, 2.75) is 38.3 Å². The zero-order chi connectivity index (χ0) is 19.6. The van der Waals surface area contributed by atoms with E-state index in [9.17, 15) is 22.8 Å². The van der Waals surface area contributed by atoms with Crippen molar-refractivity contribution in [1.82, 2.24) is 4.90 Å². The molecule has 1 aliphatic heterocycles. The molecule has 1 aromatic rings. The van der Waals surface area contributed by atoms with Crippen LogP contribution in [0, 0.1) is 0 Å². The Labute approximate surface area is 157 Å². The summed E-state index contributed by atoms with van der Waals surface area (Å²) in [7, 11) is -3.10. The summed E-state index contributed by atoms with van der Waals surface area (Å²) in [6, 6.07) is 5.94. The highest BCUT2D eigenvalue weighted by Crippen LogP contribution is 2.32. The Morgan fingerprint density at radius 2 is 1.93 bits per heavy atom. The number of nitrogens with one attached hydrogen (secondary N) is 1. The minimum absolute atomic E-state index is 0.0258. The molecule has 0 spiro atoms. The van der Waals surface area contributed by atoms with E-state index < -0.39 is 22.4 Å². The number of carbonyl (C=O) groups excluding carboxylic acids is 3. The molecule has 27 heavy (non-hydrogen) atoms. The maximum Gasteiger partial charge on any atom is 0.338 e.